The van der Waals surface area contributed by atoms with Crippen LogP contribution in [0.3, 0.4) is 0 Å². The van der Waals surface area contributed by atoms with Crippen LogP contribution in [0, 0.1) is 22.2 Å². The smallest absolute Gasteiger partial charge is 0.311 e. The van der Waals surface area contributed by atoms with Crippen molar-refractivity contribution in [2.45, 2.75) is 82.3 Å². The quantitative estimate of drug-likeness (QED) is 0.163. The number of nitriles is 1. The lowest BCUT2D eigenvalue weighted by Gasteiger charge is -2.58. The van der Waals surface area contributed by atoms with Crippen molar-refractivity contribution in [3.05, 3.63) is 107 Å². The Labute approximate surface area is 293 Å². The van der Waals surface area contributed by atoms with Crippen molar-refractivity contribution in [1.82, 2.24) is 5.32 Å². The molecule has 2 fully saturated rings. The van der Waals surface area contributed by atoms with E-state index >= 15 is 0 Å². The number of nitrogens with zero attached hydrogens (tertiary/aromatic N) is 1. The number of benzene rings is 3. The zero-order valence-electron chi connectivity index (χ0n) is 28.2. The van der Waals surface area contributed by atoms with Crippen molar-refractivity contribution in [2.75, 3.05) is 19.8 Å². The van der Waals surface area contributed by atoms with E-state index in [0.29, 0.717) is 23.6 Å². The molecule has 0 amide bonds. The van der Waals surface area contributed by atoms with E-state index in [1.807, 2.05) is 74.5 Å². The van der Waals surface area contributed by atoms with Gasteiger partial charge in [-0.2, -0.15) is 5.26 Å². The Morgan fingerprint density at radius 1 is 0.959 bits per heavy atom. The first-order chi connectivity index (χ1) is 23.4. The van der Waals surface area contributed by atoms with Gasteiger partial charge in [0.15, 0.2) is 5.79 Å². The molecule has 2 heterocycles. The Hall–Kier alpha value is -3.78. The molecule has 0 radical (unpaired) electrons. The predicted octanol–water partition coefficient (Wildman–Crippen LogP) is 7.01. The first-order valence-electron chi connectivity index (χ1n) is 16.8. The zero-order chi connectivity index (χ0) is 35.2. The van der Waals surface area contributed by atoms with Crippen molar-refractivity contribution < 1.29 is 34.0 Å². The lowest BCUT2D eigenvalue weighted by atomic mass is 9.49. The molecule has 6 atom stereocenters. The lowest BCUT2D eigenvalue weighted by Crippen LogP contribution is -2.71. The molecule has 49 heavy (non-hydrogen) atoms. The van der Waals surface area contributed by atoms with E-state index in [-0.39, 0.29) is 44.5 Å². The number of ether oxygens (including phenoxy) is 3. The molecule has 2 saturated heterocycles. The van der Waals surface area contributed by atoms with Gasteiger partial charge < -0.3 is 29.7 Å². The number of halogens is 1. The van der Waals surface area contributed by atoms with Gasteiger partial charge in [-0.3, -0.25) is 9.59 Å². The van der Waals surface area contributed by atoms with Gasteiger partial charge in [-0.05, 0) is 68.9 Å². The van der Waals surface area contributed by atoms with E-state index in [4.69, 9.17) is 25.8 Å². The molecular weight excluding hydrogens is 644 g/mol. The van der Waals surface area contributed by atoms with Crippen molar-refractivity contribution >= 4 is 23.5 Å². The van der Waals surface area contributed by atoms with Gasteiger partial charge in [0.25, 0.3) is 0 Å². The number of piperidine rings is 1. The summed E-state index contributed by atoms with van der Waals surface area (Å²) in [5.74, 6) is -4.32. The van der Waals surface area contributed by atoms with Gasteiger partial charge in [0, 0.05) is 35.4 Å². The Balaban J connectivity index is 1.65. The van der Waals surface area contributed by atoms with Gasteiger partial charge in [0.05, 0.1) is 36.7 Å². The van der Waals surface area contributed by atoms with Crippen LogP contribution >= 0.6 is 11.6 Å². The van der Waals surface area contributed by atoms with Crippen LogP contribution in [0.25, 0.3) is 0 Å². The number of carbonyl (C=O) groups is 2. The van der Waals surface area contributed by atoms with Crippen molar-refractivity contribution in [3.8, 4) is 6.07 Å². The van der Waals surface area contributed by atoms with Crippen molar-refractivity contribution in [2.24, 2.45) is 10.8 Å². The van der Waals surface area contributed by atoms with Crippen molar-refractivity contribution in [1.29, 1.82) is 5.26 Å². The molecule has 5 rings (SSSR count). The molecule has 0 spiro atoms. The first kappa shape index (κ1) is 36.5. The largest absolute Gasteiger partial charge is 0.481 e. The minimum absolute atomic E-state index is 0.0245. The highest BCUT2D eigenvalue weighted by molar-refractivity contribution is 6.30. The summed E-state index contributed by atoms with van der Waals surface area (Å²) in [7, 11) is 0. The van der Waals surface area contributed by atoms with Crippen LogP contribution in [0.2, 0.25) is 5.02 Å². The summed E-state index contributed by atoms with van der Waals surface area (Å²) >= 11 is 6.54. The van der Waals surface area contributed by atoms with Gasteiger partial charge in [0.1, 0.15) is 6.10 Å². The van der Waals surface area contributed by atoms with Crippen LogP contribution < -0.4 is 5.32 Å². The standard InChI is InChI=1S/C39H45ClN2O7/c1-26-38(35(43)44,19-11-21-41)34(29-16-10-17-30(40)22-29)39(36(45)46,33(42-26)25-47-23-31-24-48-37(2,3)49-31)20-18-32(27-12-6-4-7-13-27)28-14-8-5-9-15-28/h4-10,12-17,22,26,31-34,42H,11,18-20,23-25H2,1-3H3,(H,43,44)(H,45,46). The average Bonchev–Trinajstić information content (AvgIpc) is 3.43. The summed E-state index contributed by atoms with van der Waals surface area (Å²) in [5, 5.41) is 36.2. The molecule has 9 nitrogen and oxygen atoms in total. The fourth-order valence-corrected chi connectivity index (χ4v) is 8.37. The van der Waals surface area contributed by atoms with Gasteiger partial charge in [-0.25, -0.2) is 0 Å². The van der Waals surface area contributed by atoms with E-state index in [9.17, 15) is 25.1 Å². The third kappa shape index (κ3) is 7.54. The number of aliphatic carboxylic acids is 2. The van der Waals surface area contributed by atoms with Crippen LogP contribution in [0.5, 0.6) is 0 Å². The zero-order valence-corrected chi connectivity index (χ0v) is 28.9. The topological polar surface area (TPSA) is 138 Å². The fourth-order valence-electron chi connectivity index (χ4n) is 8.17. The summed E-state index contributed by atoms with van der Waals surface area (Å²) < 4.78 is 17.9. The molecule has 0 bridgehead atoms. The molecule has 2 aliphatic heterocycles. The number of hydrogen-bond donors (Lipinski definition) is 3. The van der Waals surface area contributed by atoms with Gasteiger partial charge in [0.2, 0.25) is 0 Å². The summed E-state index contributed by atoms with van der Waals surface area (Å²) in [4.78, 5) is 27.9. The van der Waals surface area contributed by atoms with Gasteiger partial charge >= 0.3 is 11.9 Å². The molecule has 6 unspecified atom stereocenters. The highest BCUT2D eigenvalue weighted by Crippen LogP contribution is 2.60. The van der Waals surface area contributed by atoms with Crippen LogP contribution in [-0.4, -0.2) is 65.9 Å². The first-order valence-corrected chi connectivity index (χ1v) is 17.2. The highest BCUT2D eigenvalue weighted by Gasteiger charge is 2.67. The van der Waals surface area contributed by atoms with Crippen LogP contribution in [0.4, 0.5) is 0 Å². The maximum absolute atomic E-state index is 14.2. The highest BCUT2D eigenvalue weighted by atomic mass is 35.5. The summed E-state index contributed by atoms with van der Waals surface area (Å²) in [5.41, 5.74) is -0.837. The van der Waals surface area contributed by atoms with E-state index in [1.165, 1.54) is 0 Å². The molecule has 0 aliphatic carbocycles. The number of carboxylic acid groups (broad SMARTS) is 2. The monoisotopic (exact) mass is 688 g/mol. The molecule has 10 heteroatoms. The molecule has 3 aromatic rings. The number of hydrogen-bond acceptors (Lipinski definition) is 7. The van der Waals surface area contributed by atoms with E-state index in [1.54, 1.807) is 31.2 Å². The molecule has 0 saturated carbocycles. The van der Waals surface area contributed by atoms with Crippen LogP contribution in [0.1, 0.15) is 75.0 Å². The normalized spacial score (nSPS) is 27.8. The molecule has 0 aromatic heterocycles. The molecule has 3 N–H and O–H groups in total. The van der Waals surface area contributed by atoms with Gasteiger partial charge in [-0.1, -0.05) is 84.4 Å². The van der Waals surface area contributed by atoms with Gasteiger partial charge in [-0.15, -0.1) is 0 Å². The van der Waals surface area contributed by atoms with E-state index in [2.05, 4.69) is 11.4 Å². The third-order valence-corrected chi connectivity index (χ3v) is 10.6. The second-order valence-electron chi connectivity index (χ2n) is 13.7. The SMILES string of the molecule is CC1NC(COCC2COC(C)(C)O2)C(CCC(c2ccccc2)c2ccccc2)(C(=O)O)C(c2cccc(Cl)c2)C1(CCC#N)C(=O)O. The predicted molar refractivity (Wildman–Crippen MR) is 185 cm³/mol. The molecule has 3 aromatic carbocycles. The Morgan fingerprint density at radius 2 is 1.59 bits per heavy atom. The Kier molecular flexibility index (Phi) is 11.5. The Bertz CT molecular complexity index is 1590. The molecule has 260 valence electrons. The van der Waals surface area contributed by atoms with E-state index in [0.717, 1.165) is 11.1 Å². The average molecular weight is 689 g/mol. The second-order valence-corrected chi connectivity index (χ2v) is 14.1. The Morgan fingerprint density at radius 3 is 2.12 bits per heavy atom. The van der Waals surface area contributed by atoms with Crippen LogP contribution in [-0.2, 0) is 23.8 Å². The summed E-state index contributed by atoms with van der Waals surface area (Å²) in [6, 6.07) is 27.2. The van der Waals surface area contributed by atoms with Crippen LogP contribution in [0.15, 0.2) is 84.9 Å². The minimum atomic E-state index is -1.71. The maximum Gasteiger partial charge on any atom is 0.311 e. The number of carboxylic acids is 2. The number of nitrogens with one attached hydrogen (secondary N) is 1. The molecular formula is C39H45ClN2O7. The lowest BCUT2D eigenvalue weighted by molar-refractivity contribution is -0.178. The minimum Gasteiger partial charge on any atom is -0.481 e. The molecule has 2 aliphatic rings. The van der Waals surface area contributed by atoms with E-state index < -0.39 is 46.6 Å². The maximum atomic E-state index is 14.2. The summed E-state index contributed by atoms with van der Waals surface area (Å²) in [6.07, 6.45) is 0.0202. The van der Waals surface area contributed by atoms with Crippen molar-refractivity contribution in [3.63, 3.8) is 0 Å². The second kappa shape index (κ2) is 15.4. The third-order valence-electron chi connectivity index (χ3n) is 10.4. The number of rotatable bonds is 14. The fraction of sp³-hybridized carbons (Fsp3) is 0.462. The summed E-state index contributed by atoms with van der Waals surface area (Å²) in [6.45, 7) is 5.89.